The van der Waals surface area contributed by atoms with Crippen LogP contribution in [0.2, 0.25) is 0 Å². The van der Waals surface area contributed by atoms with E-state index >= 15 is 0 Å². The summed E-state index contributed by atoms with van der Waals surface area (Å²) in [5.74, 6) is 0.119. The van der Waals surface area contributed by atoms with Crippen molar-refractivity contribution in [3.8, 4) is 0 Å². The molecule has 2 atom stereocenters. The number of amides is 1. The van der Waals surface area contributed by atoms with Crippen LogP contribution in [0.15, 0.2) is 0 Å². The highest BCUT2D eigenvalue weighted by Gasteiger charge is 2.30. The summed E-state index contributed by atoms with van der Waals surface area (Å²) in [6, 6.07) is 0.752. The van der Waals surface area contributed by atoms with Gasteiger partial charge in [-0.15, -0.1) is 0 Å². The Kier molecular flexibility index (Phi) is 6.41. The van der Waals surface area contributed by atoms with Crippen LogP contribution in [0.1, 0.15) is 19.3 Å². The van der Waals surface area contributed by atoms with E-state index in [9.17, 15) is 4.79 Å². The normalized spacial score (nSPS) is 28.2. The molecule has 6 heteroatoms. The molecule has 2 saturated heterocycles. The average molecular weight is 299 g/mol. The Bertz CT molecular complexity index is 334. The zero-order valence-corrected chi connectivity index (χ0v) is 13.5. The zero-order chi connectivity index (χ0) is 15.2. The Hall–Kier alpha value is -0.690. The van der Waals surface area contributed by atoms with E-state index < -0.39 is 0 Å². The molecule has 122 valence electrons. The number of hydrogen-bond acceptors (Lipinski definition) is 5. The Morgan fingerprint density at radius 3 is 2.76 bits per heavy atom. The van der Waals surface area contributed by atoms with Crippen molar-refractivity contribution in [1.82, 2.24) is 15.1 Å². The summed E-state index contributed by atoms with van der Waals surface area (Å²) in [6.45, 7) is 3.85. The summed E-state index contributed by atoms with van der Waals surface area (Å²) in [4.78, 5) is 16.5. The molecule has 2 aliphatic rings. The molecule has 0 aromatic rings. The second kappa shape index (κ2) is 8.08. The van der Waals surface area contributed by atoms with Gasteiger partial charge in [0.15, 0.2) is 0 Å². The van der Waals surface area contributed by atoms with Gasteiger partial charge in [-0.3, -0.25) is 14.6 Å². The molecule has 0 spiro atoms. The molecular weight excluding hydrogens is 270 g/mol. The second-order valence-corrected chi connectivity index (χ2v) is 6.34. The summed E-state index contributed by atoms with van der Waals surface area (Å²) < 4.78 is 10.7. The van der Waals surface area contributed by atoms with Gasteiger partial charge in [-0.1, -0.05) is 0 Å². The number of carbonyl (C=O) groups is 1. The van der Waals surface area contributed by atoms with Crippen LogP contribution in [0.3, 0.4) is 0 Å². The maximum absolute atomic E-state index is 12.1. The van der Waals surface area contributed by atoms with Gasteiger partial charge in [0, 0.05) is 45.5 Å². The molecule has 0 aromatic heterocycles. The fraction of sp³-hybridized carbons (Fsp3) is 0.933. The maximum atomic E-state index is 12.1. The SMILES string of the molecule is CO[C@H]1C[C@@H](CN(C)CC(=O)NC2CCOCC2)N(C)C1. The molecule has 2 heterocycles. The minimum atomic E-state index is 0.119. The summed E-state index contributed by atoms with van der Waals surface area (Å²) in [6.07, 6.45) is 3.22. The maximum Gasteiger partial charge on any atom is 0.234 e. The minimum absolute atomic E-state index is 0.119. The van der Waals surface area contributed by atoms with Crippen LogP contribution in [0, 0.1) is 0 Å². The molecule has 0 aromatic carbocycles. The third-order valence-corrected chi connectivity index (χ3v) is 4.51. The van der Waals surface area contributed by atoms with Gasteiger partial charge in [0.25, 0.3) is 0 Å². The van der Waals surface area contributed by atoms with Crippen LogP contribution in [-0.2, 0) is 14.3 Å². The zero-order valence-electron chi connectivity index (χ0n) is 13.5. The minimum Gasteiger partial charge on any atom is -0.381 e. The number of likely N-dealkylation sites (tertiary alicyclic amines) is 1. The number of methoxy groups -OCH3 is 1. The molecule has 0 saturated carbocycles. The topological polar surface area (TPSA) is 54.0 Å². The van der Waals surface area contributed by atoms with Gasteiger partial charge >= 0.3 is 0 Å². The van der Waals surface area contributed by atoms with E-state index in [-0.39, 0.29) is 11.9 Å². The fourth-order valence-electron chi connectivity index (χ4n) is 3.20. The lowest BCUT2D eigenvalue weighted by Gasteiger charge is -2.27. The second-order valence-electron chi connectivity index (χ2n) is 6.34. The summed E-state index contributed by atoms with van der Waals surface area (Å²) in [5.41, 5.74) is 0. The number of nitrogens with zero attached hydrogens (tertiary/aromatic N) is 2. The average Bonchev–Trinajstić information content (AvgIpc) is 2.80. The van der Waals surface area contributed by atoms with Crippen LogP contribution in [0.25, 0.3) is 0 Å². The number of carbonyl (C=O) groups excluding carboxylic acids is 1. The molecule has 21 heavy (non-hydrogen) atoms. The highest BCUT2D eigenvalue weighted by molar-refractivity contribution is 5.78. The molecule has 2 fully saturated rings. The molecule has 2 aliphatic heterocycles. The largest absolute Gasteiger partial charge is 0.381 e. The van der Waals surface area contributed by atoms with Crippen LogP contribution in [0.4, 0.5) is 0 Å². The van der Waals surface area contributed by atoms with Gasteiger partial charge in [-0.25, -0.2) is 0 Å². The number of hydrogen-bond donors (Lipinski definition) is 1. The van der Waals surface area contributed by atoms with Crippen molar-refractivity contribution >= 4 is 5.91 Å². The molecule has 1 N–H and O–H groups in total. The van der Waals surface area contributed by atoms with Crippen molar-refractivity contribution in [2.24, 2.45) is 0 Å². The molecule has 0 unspecified atom stereocenters. The van der Waals surface area contributed by atoms with E-state index in [2.05, 4.69) is 22.2 Å². The lowest BCUT2D eigenvalue weighted by Crippen LogP contribution is -2.45. The van der Waals surface area contributed by atoms with Gasteiger partial charge in [0.05, 0.1) is 12.6 Å². The van der Waals surface area contributed by atoms with Crippen molar-refractivity contribution in [3.05, 3.63) is 0 Å². The van der Waals surface area contributed by atoms with Gasteiger partial charge in [-0.2, -0.15) is 0 Å². The standard InChI is InChI=1S/C15H29N3O3/c1-17(9-13-8-14(20-3)10-18(13)2)11-15(19)16-12-4-6-21-7-5-12/h12-14H,4-11H2,1-3H3,(H,16,19)/t13-,14-/m0/s1. The van der Waals surface area contributed by atoms with E-state index in [1.54, 1.807) is 7.11 Å². The smallest absolute Gasteiger partial charge is 0.234 e. The van der Waals surface area contributed by atoms with Gasteiger partial charge in [0.2, 0.25) is 5.91 Å². The van der Waals surface area contributed by atoms with E-state index in [4.69, 9.17) is 9.47 Å². The first-order valence-electron chi connectivity index (χ1n) is 7.87. The molecule has 0 aliphatic carbocycles. The summed E-state index contributed by atoms with van der Waals surface area (Å²) in [7, 11) is 5.91. The lowest BCUT2D eigenvalue weighted by atomic mass is 10.1. The van der Waals surface area contributed by atoms with Crippen LogP contribution < -0.4 is 5.32 Å². The van der Waals surface area contributed by atoms with Gasteiger partial charge in [0.1, 0.15) is 0 Å². The van der Waals surface area contributed by atoms with Crippen molar-refractivity contribution in [2.45, 2.75) is 37.5 Å². The first-order valence-corrected chi connectivity index (χ1v) is 7.87. The Balaban J connectivity index is 1.68. The number of ether oxygens (including phenoxy) is 2. The van der Waals surface area contributed by atoms with Crippen molar-refractivity contribution in [1.29, 1.82) is 0 Å². The van der Waals surface area contributed by atoms with E-state index in [1.807, 2.05) is 7.05 Å². The fourth-order valence-corrected chi connectivity index (χ4v) is 3.20. The Morgan fingerprint density at radius 2 is 2.14 bits per heavy atom. The predicted octanol–water partition coefficient (Wildman–Crippen LogP) is -0.0675. The molecule has 2 rings (SSSR count). The van der Waals surface area contributed by atoms with E-state index in [0.29, 0.717) is 18.7 Å². The third kappa shape index (κ3) is 5.21. The van der Waals surface area contributed by atoms with Crippen LogP contribution in [0.5, 0.6) is 0 Å². The van der Waals surface area contributed by atoms with E-state index in [1.165, 1.54) is 0 Å². The molecule has 0 radical (unpaired) electrons. The van der Waals surface area contributed by atoms with Crippen molar-refractivity contribution in [3.63, 3.8) is 0 Å². The highest BCUT2D eigenvalue weighted by atomic mass is 16.5. The van der Waals surface area contributed by atoms with E-state index in [0.717, 1.165) is 45.6 Å². The van der Waals surface area contributed by atoms with Gasteiger partial charge in [-0.05, 0) is 33.4 Å². The van der Waals surface area contributed by atoms with Crippen molar-refractivity contribution < 1.29 is 14.3 Å². The number of nitrogens with one attached hydrogen (secondary N) is 1. The highest BCUT2D eigenvalue weighted by Crippen LogP contribution is 2.18. The predicted molar refractivity (Wildman–Crippen MR) is 81.3 cm³/mol. The lowest BCUT2D eigenvalue weighted by molar-refractivity contribution is -0.123. The third-order valence-electron chi connectivity index (χ3n) is 4.51. The Labute approximate surface area is 127 Å². The molecule has 0 bridgehead atoms. The Morgan fingerprint density at radius 1 is 1.43 bits per heavy atom. The number of likely N-dealkylation sites (N-methyl/N-ethyl adjacent to an activating group) is 2. The number of rotatable bonds is 6. The summed E-state index contributed by atoms with van der Waals surface area (Å²) in [5, 5.41) is 3.11. The molecular formula is C15H29N3O3. The molecule has 1 amide bonds. The first-order chi connectivity index (χ1) is 10.1. The first kappa shape index (κ1) is 16.7. The van der Waals surface area contributed by atoms with Crippen LogP contribution in [-0.4, -0.2) is 87.9 Å². The quantitative estimate of drug-likeness (QED) is 0.744. The van der Waals surface area contributed by atoms with Crippen LogP contribution >= 0.6 is 0 Å². The summed E-state index contributed by atoms with van der Waals surface area (Å²) >= 11 is 0. The monoisotopic (exact) mass is 299 g/mol. The van der Waals surface area contributed by atoms with Crippen molar-refractivity contribution in [2.75, 3.05) is 54.1 Å². The molecule has 6 nitrogen and oxygen atoms in total. The van der Waals surface area contributed by atoms with Gasteiger partial charge < -0.3 is 14.8 Å².